The van der Waals surface area contributed by atoms with Gasteiger partial charge in [0, 0.05) is 23.6 Å². The topological polar surface area (TPSA) is 12.0 Å². The smallest absolute Gasteiger partial charge is 0.0175 e. The molecule has 1 nitrogen and oxygen atoms in total. The monoisotopic (exact) mass is 201 g/mol. The fourth-order valence-corrected chi connectivity index (χ4v) is 3.23. The Morgan fingerprint density at radius 3 is 2.77 bits per heavy atom. The molecule has 1 aliphatic rings. The van der Waals surface area contributed by atoms with Gasteiger partial charge in [-0.1, -0.05) is 39.5 Å². The highest BCUT2D eigenvalue weighted by Gasteiger charge is 2.17. The van der Waals surface area contributed by atoms with Gasteiger partial charge in [-0.3, -0.25) is 0 Å². The summed E-state index contributed by atoms with van der Waals surface area (Å²) in [5.41, 5.74) is 0. The molecule has 13 heavy (non-hydrogen) atoms. The Bertz CT molecular complexity index is 127. The van der Waals surface area contributed by atoms with Crippen molar-refractivity contribution in [3.8, 4) is 0 Å². The average molecular weight is 201 g/mol. The van der Waals surface area contributed by atoms with E-state index in [4.69, 9.17) is 0 Å². The lowest BCUT2D eigenvalue weighted by atomic mass is 10.1. The minimum absolute atomic E-state index is 0.824. The second kappa shape index (κ2) is 6.72. The summed E-state index contributed by atoms with van der Waals surface area (Å²) < 4.78 is 0. The lowest BCUT2D eigenvalue weighted by Gasteiger charge is -2.27. The summed E-state index contributed by atoms with van der Waals surface area (Å²) in [5.74, 6) is 0. The summed E-state index contributed by atoms with van der Waals surface area (Å²) in [6, 6.07) is 0. The molecule has 1 saturated heterocycles. The molecule has 1 heterocycles. The Morgan fingerprint density at radius 2 is 2.08 bits per heavy atom. The fraction of sp³-hybridized carbons (Fsp3) is 1.00. The number of hydrogen-bond acceptors (Lipinski definition) is 2. The summed E-state index contributed by atoms with van der Waals surface area (Å²) in [4.78, 5) is 0. The Labute approximate surface area is 87.1 Å². The van der Waals surface area contributed by atoms with Crippen LogP contribution in [-0.2, 0) is 0 Å². The van der Waals surface area contributed by atoms with Crippen molar-refractivity contribution in [1.29, 1.82) is 0 Å². The maximum Gasteiger partial charge on any atom is 0.0175 e. The Hall–Kier alpha value is 0.310. The van der Waals surface area contributed by atoms with Crippen molar-refractivity contribution in [2.75, 3.05) is 13.1 Å². The molecule has 0 radical (unpaired) electrons. The molecule has 2 heteroatoms. The molecule has 0 aromatic heterocycles. The van der Waals surface area contributed by atoms with Crippen LogP contribution in [0, 0.1) is 0 Å². The van der Waals surface area contributed by atoms with Gasteiger partial charge in [0.2, 0.25) is 0 Å². The maximum atomic E-state index is 3.50. The zero-order valence-corrected chi connectivity index (χ0v) is 9.83. The maximum absolute atomic E-state index is 3.50. The first-order valence-electron chi connectivity index (χ1n) is 5.69. The van der Waals surface area contributed by atoms with Crippen molar-refractivity contribution in [2.45, 2.75) is 56.5 Å². The van der Waals surface area contributed by atoms with E-state index < -0.39 is 0 Å². The van der Waals surface area contributed by atoms with Crippen molar-refractivity contribution in [3.63, 3.8) is 0 Å². The molecule has 0 aromatic carbocycles. The quantitative estimate of drug-likeness (QED) is 0.686. The fourth-order valence-electron chi connectivity index (χ4n) is 1.84. The first-order chi connectivity index (χ1) is 6.33. The Kier molecular flexibility index (Phi) is 5.88. The SMILES string of the molecule is CCCCCC[C@H]1CNC[C@H](C)S1. The number of rotatable bonds is 5. The van der Waals surface area contributed by atoms with E-state index in [1.807, 2.05) is 0 Å². The predicted octanol–water partition coefficient (Wildman–Crippen LogP) is 3.05. The van der Waals surface area contributed by atoms with Crippen LogP contribution in [-0.4, -0.2) is 23.6 Å². The van der Waals surface area contributed by atoms with Crippen molar-refractivity contribution >= 4 is 11.8 Å². The molecular formula is C11H23NS. The van der Waals surface area contributed by atoms with E-state index >= 15 is 0 Å². The number of unbranched alkanes of at least 4 members (excludes halogenated alkanes) is 3. The molecule has 0 bridgehead atoms. The van der Waals surface area contributed by atoms with Gasteiger partial charge in [0.1, 0.15) is 0 Å². The lowest BCUT2D eigenvalue weighted by Crippen LogP contribution is -2.36. The Balaban J connectivity index is 2.00. The van der Waals surface area contributed by atoms with Crippen LogP contribution in [0.5, 0.6) is 0 Å². The van der Waals surface area contributed by atoms with Crippen molar-refractivity contribution < 1.29 is 0 Å². The standard InChI is InChI=1S/C11H23NS/c1-3-4-5-6-7-11-9-12-8-10(2)13-11/h10-12H,3-9H2,1-2H3/t10-,11-/m0/s1. The van der Waals surface area contributed by atoms with E-state index in [2.05, 4.69) is 30.9 Å². The van der Waals surface area contributed by atoms with Gasteiger partial charge in [0.05, 0.1) is 0 Å². The first kappa shape index (κ1) is 11.4. The molecule has 0 amide bonds. The molecule has 0 unspecified atom stereocenters. The summed E-state index contributed by atoms with van der Waals surface area (Å²) in [6.45, 7) is 7.05. The third-order valence-corrected chi connectivity index (χ3v) is 4.03. The summed E-state index contributed by atoms with van der Waals surface area (Å²) in [7, 11) is 0. The number of nitrogens with one attached hydrogen (secondary N) is 1. The molecular weight excluding hydrogens is 178 g/mol. The summed E-state index contributed by atoms with van der Waals surface area (Å²) in [5, 5.41) is 5.22. The highest BCUT2D eigenvalue weighted by molar-refractivity contribution is 8.00. The van der Waals surface area contributed by atoms with Crippen LogP contribution >= 0.6 is 11.8 Å². The Morgan fingerprint density at radius 1 is 1.23 bits per heavy atom. The minimum Gasteiger partial charge on any atom is -0.315 e. The van der Waals surface area contributed by atoms with E-state index in [0.29, 0.717) is 0 Å². The molecule has 1 fully saturated rings. The number of hydrogen-bond donors (Lipinski definition) is 1. The molecule has 1 N–H and O–H groups in total. The van der Waals surface area contributed by atoms with E-state index in [1.54, 1.807) is 0 Å². The minimum atomic E-state index is 0.824. The van der Waals surface area contributed by atoms with Crippen molar-refractivity contribution in [2.24, 2.45) is 0 Å². The second-order valence-corrected chi connectivity index (χ2v) is 5.82. The molecule has 2 atom stereocenters. The van der Waals surface area contributed by atoms with Crippen LogP contribution < -0.4 is 5.32 Å². The largest absolute Gasteiger partial charge is 0.315 e. The zero-order valence-electron chi connectivity index (χ0n) is 9.01. The molecule has 0 aliphatic carbocycles. The van der Waals surface area contributed by atoms with Crippen LogP contribution in [0.15, 0.2) is 0 Å². The first-order valence-corrected chi connectivity index (χ1v) is 6.63. The van der Waals surface area contributed by atoms with Crippen LogP contribution in [0.3, 0.4) is 0 Å². The predicted molar refractivity (Wildman–Crippen MR) is 62.5 cm³/mol. The van der Waals surface area contributed by atoms with Gasteiger partial charge < -0.3 is 5.32 Å². The van der Waals surface area contributed by atoms with Crippen molar-refractivity contribution in [1.82, 2.24) is 5.32 Å². The third-order valence-electron chi connectivity index (χ3n) is 2.61. The summed E-state index contributed by atoms with van der Waals surface area (Å²) >= 11 is 2.18. The van der Waals surface area contributed by atoms with E-state index in [9.17, 15) is 0 Å². The highest BCUT2D eigenvalue weighted by Crippen LogP contribution is 2.24. The van der Waals surface area contributed by atoms with E-state index in [-0.39, 0.29) is 0 Å². The molecule has 1 aliphatic heterocycles. The van der Waals surface area contributed by atoms with Gasteiger partial charge >= 0.3 is 0 Å². The van der Waals surface area contributed by atoms with Gasteiger partial charge in [-0.25, -0.2) is 0 Å². The van der Waals surface area contributed by atoms with E-state index in [1.165, 1.54) is 45.2 Å². The van der Waals surface area contributed by atoms with Crippen molar-refractivity contribution in [3.05, 3.63) is 0 Å². The molecule has 1 rings (SSSR count). The number of thioether (sulfide) groups is 1. The highest BCUT2D eigenvalue weighted by atomic mass is 32.2. The van der Waals surface area contributed by atoms with Crippen LogP contribution in [0.2, 0.25) is 0 Å². The second-order valence-electron chi connectivity index (χ2n) is 4.08. The van der Waals surface area contributed by atoms with Gasteiger partial charge in [0.25, 0.3) is 0 Å². The van der Waals surface area contributed by atoms with Gasteiger partial charge in [-0.05, 0) is 6.42 Å². The molecule has 0 spiro atoms. The van der Waals surface area contributed by atoms with Gasteiger partial charge in [-0.2, -0.15) is 11.8 Å². The van der Waals surface area contributed by atoms with Crippen LogP contribution in [0.4, 0.5) is 0 Å². The van der Waals surface area contributed by atoms with Gasteiger partial charge in [-0.15, -0.1) is 0 Å². The normalized spacial score (nSPS) is 29.1. The molecule has 78 valence electrons. The van der Waals surface area contributed by atoms with E-state index in [0.717, 1.165) is 10.5 Å². The molecule has 0 aromatic rings. The van der Waals surface area contributed by atoms with Crippen LogP contribution in [0.1, 0.15) is 46.0 Å². The van der Waals surface area contributed by atoms with Gasteiger partial charge in [0.15, 0.2) is 0 Å². The zero-order chi connectivity index (χ0) is 9.52. The third kappa shape index (κ3) is 4.92. The average Bonchev–Trinajstić information content (AvgIpc) is 2.13. The lowest BCUT2D eigenvalue weighted by molar-refractivity contribution is 0.565. The summed E-state index contributed by atoms with van der Waals surface area (Å²) in [6.07, 6.45) is 7.05. The molecule has 0 saturated carbocycles. The van der Waals surface area contributed by atoms with Crippen LogP contribution in [0.25, 0.3) is 0 Å².